The summed E-state index contributed by atoms with van der Waals surface area (Å²) in [7, 11) is 0. The quantitative estimate of drug-likeness (QED) is 0.728. The van der Waals surface area contributed by atoms with Crippen LogP contribution in [0.2, 0.25) is 0 Å². The molecular formula is C20H24N2Se. The Kier molecular flexibility index (Phi) is 4.89. The van der Waals surface area contributed by atoms with E-state index in [2.05, 4.69) is 75.1 Å². The Morgan fingerprint density at radius 2 is 1.78 bits per heavy atom. The molecule has 3 heteroatoms. The van der Waals surface area contributed by atoms with E-state index >= 15 is 0 Å². The predicted molar refractivity (Wildman–Crippen MR) is 99.8 cm³/mol. The van der Waals surface area contributed by atoms with E-state index in [1.807, 2.05) is 6.07 Å². The number of para-hydroxylation sites is 1. The summed E-state index contributed by atoms with van der Waals surface area (Å²) in [5.74, 6) is 0. The van der Waals surface area contributed by atoms with Crippen molar-refractivity contribution in [1.29, 1.82) is 0 Å². The van der Waals surface area contributed by atoms with Crippen LogP contribution >= 0.6 is 0 Å². The number of hydrogen-bond donors (Lipinski definition) is 0. The molecule has 0 amide bonds. The van der Waals surface area contributed by atoms with Crippen molar-refractivity contribution in [1.82, 2.24) is 4.90 Å². The molecular weight excluding hydrogens is 347 g/mol. The van der Waals surface area contributed by atoms with Crippen LogP contribution in [0.5, 0.6) is 0 Å². The number of amidine groups is 1. The fourth-order valence-electron chi connectivity index (χ4n) is 2.76. The first kappa shape index (κ1) is 16.3. The molecule has 1 aliphatic rings. The van der Waals surface area contributed by atoms with E-state index in [-0.39, 0.29) is 0 Å². The number of aryl methyl sites for hydroxylation is 2. The van der Waals surface area contributed by atoms with Gasteiger partial charge < -0.3 is 0 Å². The van der Waals surface area contributed by atoms with Gasteiger partial charge in [-0.3, -0.25) is 0 Å². The Hall–Kier alpha value is -1.57. The van der Waals surface area contributed by atoms with E-state index in [9.17, 15) is 0 Å². The molecule has 3 rings (SSSR count). The van der Waals surface area contributed by atoms with Crippen LogP contribution in [0.25, 0.3) is 0 Å². The molecule has 1 aliphatic heterocycles. The van der Waals surface area contributed by atoms with Gasteiger partial charge in [0.25, 0.3) is 0 Å². The van der Waals surface area contributed by atoms with Crippen LogP contribution in [0.15, 0.2) is 53.5 Å². The van der Waals surface area contributed by atoms with Gasteiger partial charge in [0.1, 0.15) is 0 Å². The van der Waals surface area contributed by atoms with E-state index in [1.165, 1.54) is 21.4 Å². The molecule has 0 N–H and O–H groups in total. The molecule has 0 saturated carbocycles. The maximum atomic E-state index is 4.95. The first-order valence-electron chi connectivity index (χ1n) is 8.19. The zero-order valence-electron chi connectivity index (χ0n) is 14.3. The van der Waals surface area contributed by atoms with Crippen molar-refractivity contribution in [2.75, 3.05) is 6.54 Å². The summed E-state index contributed by atoms with van der Waals surface area (Å²) in [6.07, 6.45) is 0. The predicted octanol–water partition coefficient (Wildman–Crippen LogP) is 4.46. The van der Waals surface area contributed by atoms with Gasteiger partial charge in [-0.05, 0) is 0 Å². The van der Waals surface area contributed by atoms with E-state index in [0.29, 0.717) is 25.8 Å². The van der Waals surface area contributed by atoms with Gasteiger partial charge in [0.2, 0.25) is 0 Å². The fourth-order valence-corrected chi connectivity index (χ4v) is 5.60. The summed E-state index contributed by atoms with van der Waals surface area (Å²) in [5.41, 5.74) is 5.30. The van der Waals surface area contributed by atoms with Gasteiger partial charge in [0.15, 0.2) is 0 Å². The second-order valence-electron chi connectivity index (χ2n) is 6.43. The van der Waals surface area contributed by atoms with Crippen LogP contribution in [0.1, 0.15) is 35.4 Å². The molecule has 1 atom stereocenters. The van der Waals surface area contributed by atoms with Crippen LogP contribution in [0.3, 0.4) is 0 Å². The molecule has 120 valence electrons. The topological polar surface area (TPSA) is 15.6 Å². The molecule has 0 radical (unpaired) electrons. The number of rotatable bonds is 3. The van der Waals surface area contributed by atoms with Crippen LogP contribution in [0, 0.1) is 13.8 Å². The van der Waals surface area contributed by atoms with Gasteiger partial charge in [-0.2, -0.15) is 0 Å². The molecule has 0 aromatic heterocycles. The second kappa shape index (κ2) is 6.90. The molecule has 2 aromatic carbocycles. The normalized spacial score (nSPS) is 19.8. The average molecular weight is 371 g/mol. The first-order valence-corrected chi connectivity index (χ1v) is 10.0. The zero-order chi connectivity index (χ0) is 16.4. The van der Waals surface area contributed by atoms with Crippen molar-refractivity contribution in [3.63, 3.8) is 0 Å². The summed E-state index contributed by atoms with van der Waals surface area (Å²) in [6, 6.07) is 17.8. The summed E-state index contributed by atoms with van der Waals surface area (Å²) in [6.45, 7) is 10.0. The molecule has 1 fully saturated rings. The Balaban J connectivity index is 1.89. The minimum absolute atomic E-state index is 0.377. The van der Waals surface area contributed by atoms with E-state index in [4.69, 9.17) is 4.99 Å². The molecule has 2 nitrogen and oxygen atoms in total. The first-order chi connectivity index (χ1) is 11.0. The van der Waals surface area contributed by atoms with Crippen molar-refractivity contribution in [3.8, 4) is 0 Å². The van der Waals surface area contributed by atoms with Crippen LogP contribution < -0.4 is 0 Å². The van der Waals surface area contributed by atoms with Crippen LogP contribution in [0.4, 0.5) is 5.69 Å². The molecule has 1 saturated heterocycles. The number of benzene rings is 2. The molecule has 0 spiro atoms. The van der Waals surface area contributed by atoms with E-state index in [0.717, 1.165) is 12.2 Å². The molecule has 1 unspecified atom stereocenters. The molecule has 1 heterocycles. The Morgan fingerprint density at radius 1 is 1.04 bits per heavy atom. The third kappa shape index (κ3) is 3.68. The van der Waals surface area contributed by atoms with Crippen molar-refractivity contribution >= 4 is 25.4 Å². The number of aliphatic imine (C=N–C) groups is 1. The van der Waals surface area contributed by atoms with Gasteiger partial charge in [0, 0.05) is 0 Å². The minimum atomic E-state index is 0.377. The molecule has 0 bridgehead atoms. The molecule has 0 aliphatic carbocycles. The Bertz CT molecular complexity index is 707. The van der Waals surface area contributed by atoms with Gasteiger partial charge in [-0.1, -0.05) is 0 Å². The molecule has 23 heavy (non-hydrogen) atoms. The third-order valence-electron chi connectivity index (χ3n) is 4.36. The van der Waals surface area contributed by atoms with Crippen molar-refractivity contribution in [2.45, 2.75) is 38.6 Å². The SMILES string of the molecule is Cc1ccc(C2CN(C(C)C)C(=Nc3ccccc3)[Se]2)cc1C. The second-order valence-corrected chi connectivity index (χ2v) is 8.88. The summed E-state index contributed by atoms with van der Waals surface area (Å²) < 4.78 is 1.28. The molecule has 2 aromatic rings. The number of hydrogen-bond acceptors (Lipinski definition) is 1. The maximum absolute atomic E-state index is 4.95. The third-order valence-corrected chi connectivity index (χ3v) is 6.97. The van der Waals surface area contributed by atoms with Gasteiger partial charge in [-0.15, -0.1) is 0 Å². The van der Waals surface area contributed by atoms with Gasteiger partial charge >= 0.3 is 146 Å². The monoisotopic (exact) mass is 372 g/mol. The summed E-state index contributed by atoms with van der Waals surface area (Å²) >= 11 is 0.377. The number of nitrogens with zero attached hydrogens (tertiary/aromatic N) is 2. The standard InChI is InChI=1S/C20H24N2Se/c1-14(2)22-13-19(17-11-10-15(3)16(4)12-17)23-20(22)21-18-8-6-5-7-9-18/h5-12,14,19H,13H2,1-4H3. The van der Waals surface area contributed by atoms with Crippen molar-refractivity contribution in [3.05, 3.63) is 65.2 Å². The van der Waals surface area contributed by atoms with Crippen molar-refractivity contribution < 1.29 is 0 Å². The Labute approximate surface area is 145 Å². The van der Waals surface area contributed by atoms with Gasteiger partial charge in [0.05, 0.1) is 0 Å². The van der Waals surface area contributed by atoms with Crippen molar-refractivity contribution in [2.24, 2.45) is 4.99 Å². The van der Waals surface area contributed by atoms with Crippen LogP contribution in [-0.4, -0.2) is 37.2 Å². The Morgan fingerprint density at radius 3 is 2.43 bits per heavy atom. The summed E-state index contributed by atoms with van der Waals surface area (Å²) in [5, 5.41) is 0. The van der Waals surface area contributed by atoms with Crippen LogP contribution in [-0.2, 0) is 0 Å². The van der Waals surface area contributed by atoms with E-state index < -0.39 is 0 Å². The fraction of sp³-hybridized carbons (Fsp3) is 0.350. The average Bonchev–Trinajstić information content (AvgIpc) is 2.95. The van der Waals surface area contributed by atoms with Gasteiger partial charge in [-0.25, -0.2) is 0 Å². The summed E-state index contributed by atoms with van der Waals surface area (Å²) in [4.78, 5) is 8.03. The van der Waals surface area contributed by atoms with E-state index in [1.54, 1.807) is 0 Å². The zero-order valence-corrected chi connectivity index (χ0v) is 16.0.